The van der Waals surface area contributed by atoms with Gasteiger partial charge in [0.05, 0.1) is 6.10 Å². The van der Waals surface area contributed by atoms with Crippen molar-refractivity contribution >= 4 is 0 Å². The van der Waals surface area contributed by atoms with Crippen LogP contribution in [0.1, 0.15) is 187 Å². The van der Waals surface area contributed by atoms with Gasteiger partial charge in [0, 0.05) is 6.54 Å². The molecule has 0 heterocycles. The van der Waals surface area contributed by atoms with Gasteiger partial charge in [0.15, 0.2) is 0 Å². The molecule has 1 N–H and O–H groups in total. The lowest BCUT2D eigenvalue weighted by atomic mass is 10.0. The highest BCUT2D eigenvalue weighted by molar-refractivity contribution is 4.93. The van der Waals surface area contributed by atoms with Crippen LogP contribution >= 0.6 is 0 Å². The zero-order valence-corrected chi connectivity index (χ0v) is 33.0. The number of nitrogens with zero attached hydrogens (tertiary/aromatic N) is 2. The van der Waals surface area contributed by atoms with E-state index >= 15 is 0 Å². The minimum atomic E-state index is -0.800. The Hall–Kier alpha value is -1.20. The molecule has 0 rings (SSSR count). The Kier molecular flexibility index (Phi) is 37.6. The number of aliphatic hydroxyl groups excluding tert-OH is 1. The third-order valence-corrected chi connectivity index (χ3v) is 9.26. The molecule has 0 saturated carbocycles. The Labute approximate surface area is 301 Å². The lowest BCUT2D eigenvalue weighted by Gasteiger charge is -2.28. The maximum Gasteiger partial charge on any atom is 0.216 e. The van der Waals surface area contributed by atoms with Crippen molar-refractivity contribution in [1.29, 1.82) is 0 Å². The van der Waals surface area contributed by atoms with Crippen LogP contribution in [0.4, 0.5) is 0 Å². The highest BCUT2D eigenvalue weighted by Gasteiger charge is 2.18. The van der Waals surface area contributed by atoms with Crippen molar-refractivity contribution in [3.63, 3.8) is 0 Å². The average molecular weight is 673 g/mol. The van der Waals surface area contributed by atoms with Crippen molar-refractivity contribution in [2.45, 2.75) is 200 Å². The molecule has 4 heteroatoms. The Bertz CT molecular complexity index is 696. The van der Waals surface area contributed by atoms with Crippen LogP contribution in [0.25, 0.3) is 0 Å². The van der Waals surface area contributed by atoms with Crippen LogP contribution in [-0.2, 0) is 4.74 Å². The van der Waals surface area contributed by atoms with E-state index in [4.69, 9.17) is 4.74 Å². The number of allylic oxidation sites excluding steroid dienone is 8. The first-order valence-electron chi connectivity index (χ1n) is 20.8. The standard InChI is InChI=1S/C44H84N2O2/c1-6-8-10-12-14-16-18-20-22-24-26-28-30-32-34-36-39-43(48-44(47)46(5)42-38-41-45(3)4)40-37-35-33-31-29-27-25-23-21-19-17-15-13-11-9-7-2/h14-17,20-23,43-44,47H,6-13,18-19,24-42H2,1-5H3. The van der Waals surface area contributed by atoms with E-state index in [-0.39, 0.29) is 6.10 Å². The van der Waals surface area contributed by atoms with Gasteiger partial charge in [0.1, 0.15) is 0 Å². The minimum absolute atomic E-state index is 0.160. The summed E-state index contributed by atoms with van der Waals surface area (Å²) in [6, 6.07) is 0. The van der Waals surface area contributed by atoms with Gasteiger partial charge in [0.2, 0.25) is 6.41 Å². The van der Waals surface area contributed by atoms with Crippen molar-refractivity contribution in [1.82, 2.24) is 9.80 Å². The second kappa shape index (κ2) is 38.6. The summed E-state index contributed by atoms with van der Waals surface area (Å²) in [6.07, 6.45) is 51.9. The SMILES string of the molecule is CCCCCC=CCC=CCCCCCCCCC(CCCCCCCCC=CCC=CCCCCC)OC(O)N(C)CCCN(C)C. The summed E-state index contributed by atoms with van der Waals surface area (Å²) in [5.41, 5.74) is 0. The maximum absolute atomic E-state index is 10.8. The number of hydrogen-bond donors (Lipinski definition) is 1. The van der Waals surface area contributed by atoms with E-state index in [0.717, 1.165) is 45.2 Å². The largest absolute Gasteiger partial charge is 0.356 e. The fourth-order valence-corrected chi connectivity index (χ4v) is 6.02. The van der Waals surface area contributed by atoms with Crippen molar-refractivity contribution in [2.75, 3.05) is 34.2 Å². The molecule has 0 fully saturated rings. The molecule has 282 valence electrons. The molecule has 0 amide bonds. The maximum atomic E-state index is 10.8. The molecule has 0 aromatic carbocycles. The van der Waals surface area contributed by atoms with Crippen LogP contribution in [0.3, 0.4) is 0 Å². The molecule has 1 atom stereocenters. The zero-order chi connectivity index (χ0) is 35.2. The van der Waals surface area contributed by atoms with Crippen LogP contribution in [0, 0.1) is 0 Å². The Balaban J connectivity index is 4.17. The summed E-state index contributed by atoms with van der Waals surface area (Å²) in [6.45, 7) is 6.40. The van der Waals surface area contributed by atoms with Gasteiger partial charge in [-0.3, -0.25) is 4.90 Å². The molecule has 1 unspecified atom stereocenters. The molecule has 0 aliphatic carbocycles. The zero-order valence-electron chi connectivity index (χ0n) is 33.0. The third-order valence-electron chi connectivity index (χ3n) is 9.26. The van der Waals surface area contributed by atoms with Crippen LogP contribution in [0.15, 0.2) is 48.6 Å². The molecule has 0 spiro atoms. The highest BCUT2D eigenvalue weighted by Crippen LogP contribution is 2.19. The van der Waals surface area contributed by atoms with Gasteiger partial charge in [-0.1, -0.05) is 152 Å². The molecular weight excluding hydrogens is 588 g/mol. The van der Waals surface area contributed by atoms with Crippen LogP contribution in [0.2, 0.25) is 0 Å². The molecule has 0 aliphatic heterocycles. The molecule has 0 aliphatic rings. The summed E-state index contributed by atoms with van der Waals surface area (Å²) < 4.78 is 6.26. The molecule has 0 aromatic heterocycles. The van der Waals surface area contributed by atoms with E-state index in [1.807, 2.05) is 11.9 Å². The minimum Gasteiger partial charge on any atom is -0.356 e. The van der Waals surface area contributed by atoms with Gasteiger partial charge in [-0.05, 0) is 111 Å². The van der Waals surface area contributed by atoms with Gasteiger partial charge < -0.3 is 14.7 Å². The molecule has 0 saturated heterocycles. The van der Waals surface area contributed by atoms with Crippen molar-refractivity contribution in [3.05, 3.63) is 48.6 Å². The predicted octanol–water partition coefficient (Wildman–Crippen LogP) is 12.9. The third kappa shape index (κ3) is 36.1. The number of aliphatic hydroxyl groups is 1. The van der Waals surface area contributed by atoms with Gasteiger partial charge in [-0.15, -0.1) is 0 Å². The van der Waals surface area contributed by atoms with Gasteiger partial charge in [-0.25, -0.2) is 0 Å². The van der Waals surface area contributed by atoms with E-state index < -0.39 is 6.41 Å². The monoisotopic (exact) mass is 673 g/mol. The topological polar surface area (TPSA) is 35.9 Å². The van der Waals surface area contributed by atoms with Crippen LogP contribution in [0.5, 0.6) is 0 Å². The van der Waals surface area contributed by atoms with E-state index in [9.17, 15) is 5.11 Å². The fraction of sp³-hybridized carbons (Fsp3) is 0.818. The average Bonchev–Trinajstić information content (AvgIpc) is 3.07. The van der Waals surface area contributed by atoms with Crippen molar-refractivity contribution in [2.24, 2.45) is 0 Å². The summed E-state index contributed by atoms with van der Waals surface area (Å²) >= 11 is 0. The molecular formula is C44H84N2O2. The van der Waals surface area contributed by atoms with E-state index in [1.54, 1.807) is 0 Å². The van der Waals surface area contributed by atoms with Crippen molar-refractivity contribution < 1.29 is 9.84 Å². The molecule has 0 aromatic rings. The van der Waals surface area contributed by atoms with E-state index in [0.29, 0.717) is 0 Å². The first-order valence-corrected chi connectivity index (χ1v) is 20.8. The molecule has 0 radical (unpaired) electrons. The second-order valence-corrected chi connectivity index (χ2v) is 14.5. The fourth-order valence-electron chi connectivity index (χ4n) is 6.02. The highest BCUT2D eigenvalue weighted by atomic mass is 16.6. The van der Waals surface area contributed by atoms with Gasteiger partial charge >= 0.3 is 0 Å². The number of ether oxygens (including phenoxy) is 1. The normalized spacial score (nSPS) is 13.9. The van der Waals surface area contributed by atoms with Gasteiger partial charge in [0.25, 0.3) is 0 Å². The lowest BCUT2D eigenvalue weighted by Crippen LogP contribution is -2.38. The lowest BCUT2D eigenvalue weighted by molar-refractivity contribution is -0.213. The predicted molar refractivity (Wildman–Crippen MR) is 215 cm³/mol. The number of unbranched alkanes of at least 4 members (excludes halogenated alkanes) is 18. The first-order chi connectivity index (χ1) is 23.5. The van der Waals surface area contributed by atoms with E-state index in [2.05, 4.69) is 81.5 Å². The number of rotatable bonds is 37. The number of hydrogen-bond acceptors (Lipinski definition) is 4. The molecule has 0 bridgehead atoms. The summed E-state index contributed by atoms with van der Waals surface area (Å²) in [5.74, 6) is 0. The quantitative estimate of drug-likeness (QED) is 0.0405. The Morgan fingerprint density at radius 3 is 1.23 bits per heavy atom. The Morgan fingerprint density at radius 1 is 0.458 bits per heavy atom. The second-order valence-electron chi connectivity index (χ2n) is 14.5. The smallest absolute Gasteiger partial charge is 0.216 e. The molecule has 4 nitrogen and oxygen atoms in total. The first kappa shape index (κ1) is 46.8. The molecule has 48 heavy (non-hydrogen) atoms. The Morgan fingerprint density at radius 2 is 0.833 bits per heavy atom. The van der Waals surface area contributed by atoms with E-state index in [1.165, 1.54) is 141 Å². The van der Waals surface area contributed by atoms with Gasteiger partial charge in [-0.2, -0.15) is 0 Å². The summed E-state index contributed by atoms with van der Waals surface area (Å²) in [7, 11) is 6.18. The summed E-state index contributed by atoms with van der Waals surface area (Å²) in [4.78, 5) is 4.16. The van der Waals surface area contributed by atoms with Crippen LogP contribution < -0.4 is 0 Å². The summed E-state index contributed by atoms with van der Waals surface area (Å²) in [5, 5.41) is 10.8. The van der Waals surface area contributed by atoms with Crippen molar-refractivity contribution in [3.8, 4) is 0 Å². The van der Waals surface area contributed by atoms with Crippen LogP contribution in [-0.4, -0.2) is 61.7 Å².